The summed E-state index contributed by atoms with van der Waals surface area (Å²) < 4.78 is 0. The van der Waals surface area contributed by atoms with Crippen LogP contribution in [0.1, 0.15) is 42.1 Å². The van der Waals surface area contributed by atoms with E-state index >= 15 is 0 Å². The van der Waals surface area contributed by atoms with Crippen LogP contribution in [0.3, 0.4) is 0 Å². The first kappa shape index (κ1) is 14.5. The molecule has 0 aromatic heterocycles. The monoisotopic (exact) mass is 275 g/mol. The number of primary amides is 1. The minimum atomic E-state index is -0.464. The van der Waals surface area contributed by atoms with Crippen molar-refractivity contribution in [3.63, 3.8) is 0 Å². The SMILES string of the molecule is CCC1(C(=O)Nc2ccc(C(N)=O)cc2C)CCCN1. The zero-order valence-corrected chi connectivity index (χ0v) is 12.0. The lowest BCUT2D eigenvalue weighted by Gasteiger charge is -2.27. The van der Waals surface area contributed by atoms with Crippen LogP contribution in [0.5, 0.6) is 0 Å². The van der Waals surface area contributed by atoms with Crippen molar-refractivity contribution in [1.29, 1.82) is 0 Å². The third-order valence-corrected chi connectivity index (χ3v) is 4.04. The van der Waals surface area contributed by atoms with Crippen LogP contribution < -0.4 is 16.4 Å². The molecule has 1 fully saturated rings. The van der Waals surface area contributed by atoms with Crippen LogP contribution in [-0.2, 0) is 4.79 Å². The first-order valence-electron chi connectivity index (χ1n) is 6.95. The van der Waals surface area contributed by atoms with Gasteiger partial charge in [-0.05, 0) is 56.5 Å². The number of anilines is 1. The minimum absolute atomic E-state index is 0.00701. The van der Waals surface area contributed by atoms with Crippen LogP contribution in [0.15, 0.2) is 18.2 Å². The van der Waals surface area contributed by atoms with Crippen LogP contribution in [0.25, 0.3) is 0 Å². The van der Waals surface area contributed by atoms with Gasteiger partial charge in [0.15, 0.2) is 0 Å². The number of aryl methyl sites for hydroxylation is 1. The van der Waals surface area contributed by atoms with Crippen LogP contribution in [0, 0.1) is 6.92 Å². The minimum Gasteiger partial charge on any atom is -0.366 e. The molecule has 2 rings (SSSR count). The second-order valence-electron chi connectivity index (χ2n) is 5.31. The van der Waals surface area contributed by atoms with Gasteiger partial charge in [-0.1, -0.05) is 6.92 Å². The first-order chi connectivity index (χ1) is 9.48. The van der Waals surface area contributed by atoms with E-state index in [0.717, 1.165) is 37.1 Å². The molecule has 0 bridgehead atoms. The Bertz CT molecular complexity index is 534. The molecule has 5 heteroatoms. The molecule has 1 aromatic rings. The lowest BCUT2D eigenvalue weighted by atomic mass is 9.93. The maximum absolute atomic E-state index is 12.5. The molecule has 1 aliphatic rings. The van der Waals surface area contributed by atoms with E-state index in [-0.39, 0.29) is 5.91 Å². The van der Waals surface area contributed by atoms with E-state index in [4.69, 9.17) is 5.73 Å². The summed E-state index contributed by atoms with van der Waals surface area (Å²) in [5.74, 6) is -0.471. The van der Waals surface area contributed by atoms with Crippen molar-refractivity contribution in [2.24, 2.45) is 5.73 Å². The Morgan fingerprint density at radius 2 is 2.20 bits per heavy atom. The summed E-state index contributed by atoms with van der Waals surface area (Å²) >= 11 is 0. The van der Waals surface area contributed by atoms with Crippen molar-refractivity contribution in [3.05, 3.63) is 29.3 Å². The molecule has 4 N–H and O–H groups in total. The maximum Gasteiger partial charge on any atom is 0.248 e. The van der Waals surface area contributed by atoms with Gasteiger partial charge in [-0.3, -0.25) is 9.59 Å². The molecule has 108 valence electrons. The Morgan fingerprint density at radius 1 is 1.45 bits per heavy atom. The molecule has 1 heterocycles. The molecule has 5 nitrogen and oxygen atoms in total. The molecule has 1 aliphatic heterocycles. The first-order valence-corrected chi connectivity index (χ1v) is 6.95. The van der Waals surface area contributed by atoms with Crippen molar-refractivity contribution in [2.75, 3.05) is 11.9 Å². The number of nitrogens with two attached hydrogens (primary N) is 1. The molecular weight excluding hydrogens is 254 g/mol. The number of hydrogen-bond donors (Lipinski definition) is 3. The Balaban J connectivity index is 2.17. The number of nitrogens with one attached hydrogen (secondary N) is 2. The zero-order chi connectivity index (χ0) is 14.8. The number of amides is 2. The fraction of sp³-hybridized carbons (Fsp3) is 0.467. The van der Waals surface area contributed by atoms with Gasteiger partial charge in [0.1, 0.15) is 0 Å². The van der Waals surface area contributed by atoms with E-state index < -0.39 is 11.4 Å². The number of benzene rings is 1. The molecule has 0 radical (unpaired) electrons. The van der Waals surface area contributed by atoms with Gasteiger partial charge in [0, 0.05) is 11.3 Å². The van der Waals surface area contributed by atoms with Gasteiger partial charge in [0.25, 0.3) is 0 Å². The third-order valence-electron chi connectivity index (χ3n) is 4.04. The highest BCUT2D eigenvalue weighted by Crippen LogP contribution is 2.26. The van der Waals surface area contributed by atoms with E-state index in [0.29, 0.717) is 5.56 Å². The van der Waals surface area contributed by atoms with Crippen LogP contribution >= 0.6 is 0 Å². The van der Waals surface area contributed by atoms with Gasteiger partial charge in [-0.2, -0.15) is 0 Å². The van der Waals surface area contributed by atoms with E-state index in [2.05, 4.69) is 10.6 Å². The summed E-state index contributed by atoms with van der Waals surface area (Å²) in [5, 5.41) is 6.26. The van der Waals surface area contributed by atoms with Crippen molar-refractivity contribution in [1.82, 2.24) is 5.32 Å². The maximum atomic E-state index is 12.5. The molecule has 0 spiro atoms. The molecule has 0 aliphatic carbocycles. The van der Waals surface area contributed by atoms with Crippen LogP contribution in [-0.4, -0.2) is 23.9 Å². The second-order valence-corrected chi connectivity index (χ2v) is 5.31. The van der Waals surface area contributed by atoms with E-state index in [1.165, 1.54) is 0 Å². The number of hydrogen-bond acceptors (Lipinski definition) is 3. The molecule has 1 unspecified atom stereocenters. The van der Waals surface area contributed by atoms with Gasteiger partial charge >= 0.3 is 0 Å². The lowest BCUT2D eigenvalue weighted by molar-refractivity contribution is -0.122. The Labute approximate surface area is 118 Å². The normalized spacial score (nSPS) is 21.7. The van der Waals surface area contributed by atoms with E-state index in [9.17, 15) is 9.59 Å². The fourth-order valence-electron chi connectivity index (χ4n) is 2.66. The van der Waals surface area contributed by atoms with Gasteiger partial charge in [-0.25, -0.2) is 0 Å². The lowest BCUT2D eigenvalue weighted by Crippen LogP contribution is -2.50. The zero-order valence-electron chi connectivity index (χ0n) is 12.0. The fourth-order valence-corrected chi connectivity index (χ4v) is 2.66. The van der Waals surface area contributed by atoms with Gasteiger partial charge < -0.3 is 16.4 Å². The van der Waals surface area contributed by atoms with Crippen LogP contribution in [0.4, 0.5) is 5.69 Å². The summed E-state index contributed by atoms with van der Waals surface area (Å²) in [4.78, 5) is 23.6. The predicted molar refractivity (Wildman–Crippen MR) is 78.6 cm³/mol. The highest BCUT2D eigenvalue weighted by molar-refractivity contribution is 6.00. The Morgan fingerprint density at radius 3 is 2.70 bits per heavy atom. The smallest absolute Gasteiger partial charge is 0.248 e. The summed E-state index contributed by atoms with van der Waals surface area (Å²) in [6.07, 6.45) is 2.63. The van der Waals surface area contributed by atoms with Crippen molar-refractivity contribution >= 4 is 17.5 Å². The quantitative estimate of drug-likeness (QED) is 0.779. The summed E-state index contributed by atoms with van der Waals surface area (Å²) in [7, 11) is 0. The van der Waals surface area contributed by atoms with E-state index in [1.807, 2.05) is 13.8 Å². The van der Waals surface area contributed by atoms with Gasteiger partial charge in [0.2, 0.25) is 11.8 Å². The molecule has 1 aromatic carbocycles. The summed E-state index contributed by atoms with van der Waals surface area (Å²) in [5.41, 5.74) is 6.78. The van der Waals surface area contributed by atoms with Crippen molar-refractivity contribution < 1.29 is 9.59 Å². The van der Waals surface area contributed by atoms with E-state index in [1.54, 1.807) is 18.2 Å². The number of rotatable bonds is 4. The largest absolute Gasteiger partial charge is 0.366 e. The number of carbonyl (C=O) groups excluding carboxylic acids is 2. The molecule has 20 heavy (non-hydrogen) atoms. The molecular formula is C15H21N3O2. The average Bonchev–Trinajstić information content (AvgIpc) is 2.90. The molecule has 1 atom stereocenters. The van der Waals surface area contributed by atoms with Crippen LogP contribution in [0.2, 0.25) is 0 Å². The molecule has 1 saturated heterocycles. The molecule has 2 amide bonds. The standard InChI is InChI=1S/C15H21N3O2/c1-3-15(7-4-8-17-15)14(20)18-12-6-5-11(13(16)19)9-10(12)2/h5-6,9,17H,3-4,7-8H2,1-2H3,(H2,16,19)(H,18,20). The number of carbonyl (C=O) groups is 2. The van der Waals surface area contributed by atoms with Crippen molar-refractivity contribution in [3.8, 4) is 0 Å². The summed E-state index contributed by atoms with van der Waals surface area (Å²) in [6.45, 7) is 4.74. The Hall–Kier alpha value is -1.88. The Kier molecular flexibility index (Phi) is 4.09. The highest BCUT2D eigenvalue weighted by Gasteiger charge is 2.39. The second kappa shape index (κ2) is 5.63. The summed E-state index contributed by atoms with van der Waals surface area (Å²) in [6, 6.07) is 5.05. The average molecular weight is 275 g/mol. The predicted octanol–water partition coefficient (Wildman–Crippen LogP) is 1.56. The topological polar surface area (TPSA) is 84.2 Å². The van der Waals surface area contributed by atoms with Crippen molar-refractivity contribution in [2.45, 2.75) is 38.6 Å². The molecule has 0 saturated carbocycles. The van der Waals surface area contributed by atoms with Gasteiger partial charge in [-0.15, -0.1) is 0 Å². The van der Waals surface area contributed by atoms with Gasteiger partial charge in [0.05, 0.1) is 5.54 Å². The third kappa shape index (κ3) is 2.67. The highest BCUT2D eigenvalue weighted by atomic mass is 16.2.